The second-order valence-corrected chi connectivity index (χ2v) is 3.67. The first kappa shape index (κ1) is 9.49. The van der Waals surface area contributed by atoms with Gasteiger partial charge in [0.25, 0.3) is 5.92 Å². The minimum atomic E-state index is -2.50. The molecule has 0 aliphatic carbocycles. The van der Waals surface area contributed by atoms with Gasteiger partial charge in [0.15, 0.2) is 0 Å². The van der Waals surface area contributed by atoms with Gasteiger partial charge < -0.3 is 4.90 Å². The lowest BCUT2D eigenvalue weighted by Gasteiger charge is -2.23. The third-order valence-electron chi connectivity index (χ3n) is 2.24. The van der Waals surface area contributed by atoms with Gasteiger partial charge in [-0.1, -0.05) is 20.4 Å². The lowest BCUT2D eigenvalue weighted by atomic mass is 10.1. The molecule has 1 saturated heterocycles. The summed E-state index contributed by atoms with van der Waals surface area (Å²) in [5.41, 5.74) is 0.826. The van der Waals surface area contributed by atoms with Gasteiger partial charge >= 0.3 is 0 Å². The third-order valence-corrected chi connectivity index (χ3v) is 2.24. The summed E-state index contributed by atoms with van der Waals surface area (Å²) in [6, 6.07) is 0. The van der Waals surface area contributed by atoms with Crippen molar-refractivity contribution in [3.8, 4) is 0 Å². The Morgan fingerprint density at radius 1 is 1.50 bits per heavy atom. The molecular formula is C9H15F2N. The molecule has 1 aliphatic rings. The van der Waals surface area contributed by atoms with E-state index in [9.17, 15) is 8.78 Å². The molecule has 1 aliphatic heterocycles. The van der Waals surface area contributed by atoms with E-state index in [-0.39, 0.29) is 18.9 Å². The number of allylic oxidation sites excluding steroid dienone is 1. The van der Waals surface area contributed by atoms with Crippen molar-refractivity contribution in [3.05, 3.63) is 12.3 Å². The molecule has 0 spiro atoms. The zero-order valence-electron chi connectivity index (χ0n) is 7.61. The van der Waals surface area contributed by atoms with Crippen molar-refractivity contribution < 1.29 is 8.78 Å². The number of hydrogen-bond donors (Lipinski definition) is 0. The molecule has 0 unspecified atom stereocenters. The van der Waals surface area contributed by atoms with Crippen LogP contribution in [0.5, 0.6) is 0 Å². The summed E-state index contributed by atoms with van der Waals surface area (Å²) in [6.07, 6.45) is -0.0290. The van der Waals surface area contributed by atoms with Crippen molar-refractivity contribution in [2.24, 2.45) is 5.92 Å². The van der Waals surface area contributed by atoms with Crippen LogP contribution in [0.4, 0.5) is 8.78 Å². The van der Waals surface area contributed by atoms with Crippen LogP contribution < -0.4 is 0 Å². The standard InChI is InChI=1S/C9H15F2N/c1-7(2)8(3)12-5-4-9(10,11)6-12/h7H,3-6H2,1-2H3. The van der Waals surface area contributed by atoms with Crippen molar-refractivity contribution in [2.75, 3.05) is 13.1 Å². The SMILES string of the molecule is C=C(C(C)C)N1CCC(F)(F)C1. The first-order chi connectivity index (χ1) is 5.42. The molecule has 0 bridgehead atoms. The summed E-state index contributed by atoms with van der Waals surface area (Å²) in [7, 11) is 0. The summed E-state index contributed by atoms with van der Waals surface area (Å²) < 4.78 is 25.5. The summed E-state index contributed by atoms with van der Waals surface area (Å²) in [5, 5.41) is 0. The largest absolute Gasteiger partial charge is 0.369 e. The van der Waals surface area contributed by atoms with Crippen molar-refractivity contribution in [1.29, 1.82) is 0 Å². The molecule has 0 aromatic carbocycles. The fraction of sp³-hybridized carbons (Fsp3) is 0.778. The molecule has 1 heterocycles. The molecule has 0 atom stereocenters. The fourth-order valence-corrected chi connectivity index (χ4v) is 1.35. The molecule has 0 aromatic rings. The molecule has 3 heteroatoms. The number of likely N-dealkylation sites (tertiary alicyclic amines) is 1. The van der Waals surface area contributed by atoms with Crippen LogP contribution in [-0.4, -0.2) is 23.9 Å². The molecule has 1 fully saturated rings. The Morgan fingerprint density at radius 3 is 2.42 bits per heavy atom. The summed E-state index contributed by atoms with van der Waals surface area (Å²) in [5.74, 6) is -2.24. The van der Waals surface area contributed by atoms with Crippen LogP contribution in [0.3, 0.4) is 0 Å². The topological polar surface area (TPSA) is 3.24 Å². The molecule has 0 radical (unpaired) electrons. The van der Waals surface area contributed by atoms with E-state index < -0.39 is 5.92 Å². The number of nitrogens with zero attached hydrogens (tertiary/aromatic N) is 1. The Balaban J connectivity index is 2.53. The maximum Gasteiger partial charge on any atom is 0.266 e. The molecule has 1 nitrogen and oxygen atoms in total. The van der Waals surface area contributed by atoms with Crippen LogP contribution in [0.25, 0.3) is 0 Å². The summed E-state index contributed by atoms with van der Waals surface area (Å²) >= 11 is 0. The van der Waals surface area contributed by atoms with Crippen LogP contribution >= 0.6 is 0 Å². The molecular weight excluding hydrogens is 160 g/mol. The fourth-order valence-electron chi connectivity index (χ4n) is 1.35. The van der Waals surface area contributed by atoms with Crippen LogP contribution in [0, 0.1) is 5.92 Å². The average molecular weight is 175 g/mol. The van der Waals surface area contributed by atoms with Gasteiger partial charge in [-0.25, -0.2) is 8.78 Å². The Morgan fingerprint density at radius 2 is 2.08 bits per heavy atom. The molecule has 0 amide bonds. The zero-order valence-corrected chi connectivity index (χ0v) is 7.61. The molecule has 0 N–H and O–H groups in total. The highest BCUT2D eigenvalue weighted by Gasteiger charge is 2.38. The second-order valence-electron chi connectivity index (χ2n) is 3.67. The van der Waals surface area contributed by atoms with Crippen molar-refractivity contribution in [2.45, 2.75) is 26.2 Å². The number of rotatable bonds is 2. The van der Waals surface area contributed by atoms with Gasteiger partial charge in [0.05, 0.1) is 6.54 Å². The Labute approximate surface area is 72.1 Å². The zero-order chi connectivity index (χ0) is 9.35. The molecule has 1 rings (SSSR count). The Hall–Kier alpha value is -0.600. The van der Waals surface area contributed by atoms with Crippen LogP contribution in [0.2, 0.25) is 0 Å². The predicted molar refractivity (Wildman–Crippen MR) is 45.1 cm³/mol. The first-order valence-electron chi connectivity index (χ1n) is 4.24. The van der Waals surface area contributed by atoms with Gasteiger partial charge in [-0.3, -0.25) is 0 Å². The monoisotopic (exact) mass is 175 g/mol. The minimum Gasteiger partial charge on any atom is -0.369 e. The molecule has 70 valence electrons. The molecule has 0 aromatic heterocycles. The Kier molecular flexibility index (Phi) is 2.40. The van der Waals surface area contributed by atoms with Crippen molar-refractivity contribution >= 4 is 0 Å². The first-order valence-corrected chi connectivity index (χ1v) is 4.24. The summed E-state index contributed by atoms with van der Waals surface area (Å²) in [4.78, 5) is 1.69. The van der Waals surface area contributed by atoms with E-state index >= 15 is 0 Å². The lowest BCUT2D eigenvalue weighted by Crippen LogP contribution is -2.26. The maximum atomic E-state index is 12.7. The molecule has 12 heavy (non-hydrogen) atoms. The van der Waals surface area contributed by atoms with E-state index in [0.29, 0.717) is 6.54 Å². The number of halogens is 2. The number of alkyl halides is 2. The summed E-state index contributed by atoms with van der Waals surface area (Å²) in [6.45, 7) is 8.04. The maximum absolute atomic E-state index is 12.7. The van der Waals surface area contributed by atoms with Gasteiger partial charge in [0.1, 0.15) is 0 Å². The highest BCUT2D eigenvalue weighted by atomic mass is 19.3. The van der Waals surface area contributed by atoms with E-state index in [1.54, 1.807) is 4.90 Å². The Bertz CT molecular complexity index is 187. The average Bonchev–Trinajstić information content (AvgIpc) is 2.28. The van der Waals surface area contributed by atoms with Gasteiger partial charge in [-0.2, -0.15) is 0 Å². The highest BCUT2D eigenvalue weighted by Crippen LogP contribution is 2.30. The smallest absolute Gasteiger partial charge is 0.266 e. The molecule has 0 saturated carbocycles. The van der Waals surface area contributed by atoms with Gasteiger partial charge in [0, 0.05) is 18.7 Å². The van der Waals surface area contributed by atoms with E-state index in [2.05, 4.69) is 6.58 Å². The normalized spacial score (nSPS) is 21.9. The third kappa shape index (κ3) is 1.96. The van der Waals surface area contributed by atoms with Crippen molar-refractivity contribution in [3.63, 3.8) is 0 Å². The van der Waals surface area contributed by atoms with E-state index in [0.717, 1.165) is 5.70 Å². The number of hydrogen-bond acceptors (Lipinski definition) is 1. The minimum absolute atomic E-state index is 0.0290. The van der Waals surface area contributed by atoms with E-state index in [1.807, 2.05) is 13.8 Å². The van der Waals surface area contributed by atoms with Crippen LogP contribution in [-0.2, 0) is 0 Å². The van der Waals surface area contributed by atoms with Crippen molar-refractivity contribution in [1.82, 2.24) is 4.90 Å². The van der Waals surface area contributed by atoms with Gasteiger partial charge in [0.2, 0.25) is 0 Å². The van der Waals surface area contributed by atoms with Crippen LogP contribution in [0.15, 0.2) is 12.3 Å². The van der Waals surface area contributed by atoms with Gasteiger partial charge in [-0.15, -0.1) is 0 Å². The lowest BCUT2D eigenvalue weighted by molar-refractivity contribution is 0.0145. The van der Waals surface area contributed by atoms with E-state index in [4.69, 9.17) is 0 Å². The predicted octanol–water partition coefficient (Wildman–Crippen LogP) is 2.50. The highest BCUT2D eigenvalue weighted by molar-refractivity contribution is 5.01. The van der Waals surface area contributed by atoms with Gasteiger partial charge in [-0.05, 0) is 5.92 Å². The van der Waals surface area contributed by atoms with Crippen LogP contribution in [0.1, 0.15) is 20.3 Å². The second kappa shape index (κ2) is 3.04. The van der Waals surface area contributed by atoms with E-state index in [1.165, 1.54) is 0 Å². The quantitative estimate of drug-likeness (QED) is 0.623.